The average Bonchev–Trinajstić information content (AvgIpc) is 3.04. The molecule has 6 heteroatoms. The van der Waals surface area contributed by atoms with Gasteiger partial charge in [0.25, 0.3) is 17.7 Å². The highest BCUT2D eigenvalue weighted by Gasteiger charge is 2.57. The smallest absolute Gasteiger partial charge is 0.262 e. The Labute approximate surface area is 186 Å². The van der Waals surface area contributed by atoms with Gasteiger partial charge >= 0.3 is 0 Å². The number of nitrogens with zero attached hydrogens (tertiary/aromatic N) is 2. The molecular formula is C26H22N2O4. The van der Waals surface area contributed by atoms with Crippen LogP contribution in [0.15, 0.2) is 66.7 Å². The van der Waals surface area contributed by atoms with Gasteiger partial charge in [-0.2, -0.15) is 0 Å². The van der Waals surface area contributed by atoms with Crippen LogP contribution in [0.25, 0.3) is 0 Å². The second-order valence-electron chi connectivity index (χ2n) is 8.19. The minimum atomic E-state index is -0.921. The first-order valence-corrected chi connectivity index (χ1v) is 10.4. The summed E-state index contributed by atoms with van der Waals surface area (Å²) in [6.07, 6.45) is 0. The van der Waals surface area contributed by atoms with Gasteiger partial charge in [0.2, 0.25) is 0 Å². The monoisotopic (exact) mass is 426 g/mol. The van der Waals surface area contributed by atoms with Crippen molar-refractivity contribution in [1.82, 2.24) is 4.90 Å². The highest BCUT2D eigenvalue weighted by atomic mass is 16.5. The number of carbonyl (C=O) groups excluding carboxylic acids is 3. The van der Waals surface area contributed by atoms with Crippen molar-refractivity contribution in [2.75, 3.05) is 12.0 Å². The minimum Gasteiger partial charge on any atom is -0.497 e. The Morgan fingerprint density at radius 2 is 1.44 bits per heavy atom. The van der Waals surface area contributed by atoms with Crippen molar-refractivity contribution in [3.05, 3.63) is 94.5 Å². The van der Waals surface area contributed by atoms with Crippen LogP contribution in [0.4, 0.5) is 5.69 Å². The molecule has 32 heavy (non-hydrogen) atoms. The molecule has 0 spiro atoms. The molecule has 0 saturated carbocycles. The van der Waals surface area contributed by atoms with Crippen molar-refractivity contribution in [2.24, 2.45) is 0 Å². The SMILES string of the molecule is COc1cccc([C@@H]2[C@@H](N3C(=O)c4ccccc4C3=O)C(=O)N2c2ccc(C)cc2C)c1. The zero-order valence-electron chi connectivity index (χ0n) is 18.0. The first-order chi connectivity index (χ1) is 15.4. The minimum absolute atomic E-state index is 0.278. The van der Waals surface area contributed by atoms with E-state index in [2.05, 4.69) is 0 Å². The van der Waals surface area contributed by atoms with E-state index >= 15 is 0 Å². The lowest BCUT2D eigenvalue weighted by molar-refractivity contribution is -0.130. The zero-order chi connectivity index (χ0) is 22.6. The van der Waals surface area contributed by atoms with Crippen LogP contribution >= 0.6 is 0 Å². The van der Waals surface area contributed by atoms with Gasteiger partial charge in [-0.15, -0.1) is 0 Å². The molecule has 0 bridgehead atoms. The number of carbonyl (C=O) groups is 3. The molecular weight excluding hydrogens is 404 g/mol. The molecule has 2 aliphatic heterocycles. The number of benzene rings is 3. The Morgan fingerprint density at radius 1 is 0.750 bits per heavy atom. The zero-order valence-corrected chi connectivity index (χ0v) is 18.0. The van der Waals surface area contributed by atoms with Crippen molar-refractivity contribution in [2.45, 2.75) is 25.9 Å². The van der Waals surface area contributed by atoms with E-state index < -0.39 is 23.9 Å². The number of imide groups is 1. The maximum atomic E-state index is 13.5. The Kier molecular flexibility index (Phi) is 4.59. The predicted octanol–water partition coefficient (Wildman–Crippen LogP) is 4.06. The van der Waals surface area contributed by atoms with Crippen LogP contribution in [0.1, 0.15) is 43.4 Å². The van der Waals surface area contributed by atoms with Gasteiger partial charge in [0, 0.05) is 5.69 Å². The number of rotatable bonds is 4. The third-order valence-electron chi connectivity index (χ3n) is 6.22. The van der Waals surface area contributed by atoms with E-state index in [4.69, 9.17) is 4.74 Å². The number of methoxy groups -OCH3 is 1. The lowest BCUT2D eigenvalue weighted by Crippen LogP contribution is -2.67. The van der Waals surface area contributed by atoms with E-state index in [1.807, 2.05) is 56.3 Å². The summed E-state index contributed by atoms with van der Waals surface area (Å²) >= 11 is 0. The van der Waals surface area contributed by atoms with Gasteiger partial charge in [-0.1, -0.05) is 42.0 Å². The normalized spacial score (nSPS) is 19.8. The summed E-state index contributed by atoms with van der Waals surface area (Å²) in [7, 11) is 1.58. The number of fused-ring (bicyclic) bond motifs is 1. The molecule has 0 radical (unpaired) electrons. The molecule has 0 unspecified atom stereocenters. The highest BCUT2D eigenvalue weighted by Crippen LogP contribution is 2.45. The summed E-state index contributed by atoms with van der Waals surface area (Å²) in [6.45, 7) is 3.95. The predicted molar refractivity (Wildman–Crippen MR) is 120 cm³/mol. The third-order valence-corrected chi connectivity index (χ3v) is 6.22. The van der Waals surface area contributed by atoms with Gasteiger partial charge in [-0.25, -0.2) is 0 Å². The summed E-state index contributed by atoms with van der Waals surface area (Å²) in [5.41, 5.74) is 4.27. The van der Waals surface area contributed by atoms with E-state index in [-0.39, 0.29) is 5.91 Å². The van der Waals surface area contributed by atoms with E-state index in [9.17, 15) is 14.4 Å². The second kappa shape index (κ2) is 7.34. The molecule has 160 valence electrons. The number of hydrogen-bond acceptors (Lipinski definition) is 4. The molecule has 6 nitrogen and oxygen atoms in total. The fraction of sp³-hybridized carbons (Fsp3) is 0.192. The maximum Gasteiger partial charge on any atom is 0.262 e. The summed E-state index contributed by atoms with van der Waals surface area (Å²) < 4.78 is 5.38. The molecule has 3 aromatic rings. The Balaban J connectivity index is 1.62. The molecule has 3 aromatic carbocycles. The van der Waals surface area contributed by atoms with Gasteiger partial charge in [0.05, 0.1) is 24.3 Å². The third kappa shape index (κ3) is 2.83. The summed E-state index contributed by atoms with van der Waals surface area (Å²) in [5.74, 6) is -0.503. The maximum absolute atomic E-state index is 13.5. The lowest BCUT2D eigenvalue weighted by atomic mass is 9.85. The highest BCUT2D eigenvalue weighted by molar-refractivity contribution is 6.24. The Hall–Kier alpha value is -3.93. The van der Waals surface area contributed by atoms with Gasteiger partial charge in [0.1, 0.15) is 11.8 Å². The van der Waals surface area contributed by atoms with Crippen molar-refractivity contribution in [3.8, 4) is 5.75 Å². The van der Waals surface area contributed by atoms with Gasteiger partial charge in [-0.05, 0) is 55.3 Å². The summed E-state index contributed by atoms with van der Waals surface area (Å²) in [5, 5.41) is 0. The molecule has 0 N–H and O–H groups in total. The van der Waals surface area contributed by atoms with Crippen LogP contribution in [0.3, 0.4) is 0 Å². The number of ether oxygens (including phenoxy) is 1. The van der Waals surface area contributed by atoms with Gasteiger partial charge in [-0.3, -0.25) is 19.3 Å². The average molecular weight is 426 g/mol. The quantitative estimate of drug-likeness (QED) is 0.466. The van der Waals surface area contributed by atoms with Crippen LogP contribution in [0.2, 0.25) is 0 Å². The fourth-order valence-corrected chi connectivity index (χ4v) is 4.69. The van der Waals surface area contributed by atoms with Crippen molar-refractivity contribution >= 4 is 23.4 Å². The van der Waals surface area contributed by atoms with Gasteiger partial charge < -0.3 is 9.64 Å². The molecule has 1 saturated heterocycles. The van der Waals surface area contributed by atoms with E-state index in [0.717, 1.165) is 27.3 Å². The van der Waals surface area contributed by atoms with Crippen LogP contribution in [-0.4, -0.2) is 35.8 Å². The van der Waals surface area contributed by atoms with Crippen LogP contribution in [-0.2, 0) is 4.79 Å². The largest absolute Gasteiger partial charge is 0.497 e. The number of aryl methyl sites for hydroxylation is 2. The van der Waals surface area contributed by atoms with Crippen molar-refractivity contribution < 1.29 is 19.1 Å². The number of amides is 3. The van der Waals surface area contributed by atoms with E-state index in [1.54, 1.807) is 36.3 Å². The number of hydrogen-bond donors (Lipinski definition) is 0. The standard InChI is InChI=1S/C26H22N2O4/c1-15-11-12-21(16(2)13-15)27-22(17-7-6-8-18(14-17)32-3)23(26(27)31)28-24(29)19-9-4-5-10-20(19)25(28)30/h4-14,22-23H,1-3H3/t22-,23-/m1/s1. The molecule has 0 aromatic heterocycles. The number of anilines is 1. The van der Waals surface area contributed by atoms with Crippen LogP contribution in [0, 0.1) is 13.8 Å². The molecule has 2 aliphatic rings. The topological polar surface area (TPSA) is 66.9 Å². The number of β-lactam (4-membered cyclic amide) rings is 1. The summed E-state index contributed by atoms with van der Waals surface area (Å²) in [4.78, 5) is 42.6. The van der Waals surface area contributed by atoms with Crippen molar-refractivity contribution in [3.63, 3.8) is 0 Å². The van der Waals surface area contributed by atoms with Crippen LogP contribution in [0.5, 0.6) is 5.75 Å². The molecule has 1 fully saturated rings. The molecule has 0 aliphatic carbocycles. The summed E-state index contributed by atoms with van der Waals surface area (Å²) in [6, 6.07) is 18.5. The Bertz CT molecular complexity index is 1250. The first kappa shape index (κ1) is 20.0. The van der Waals surface area contributed by atoms with Gasteiger partial charge in [0.15, 0.2) is 0 Å². The van der Waals surface area contributed by atoms with Crippen LogP contribution < -0.4 is 9.64 Å². The fourth-order valence-electron chi connectivity index (χ4n) is 4.69. The lowest BCUT2D eigenvalue weighted by Gasteiger charge is -2.50. The Morgan fingerprint density at radius 3 is 2.06 bits per heavy atom. The second-order valence-corrected chi connectivity index (χ2v) is 8.19. The van der Waals surface area contributed by atoms with Crippen molar-refractivity contribution in [1.29, 1.82) is 0 Å². The van der Waals surface area contributed by atoms with E-state index in [0.29, 0.717) is 16.9 Å². The molecule has 2 atom stereocenters. The first-order valence-electron chi connectivity index (χ1n) is 10.4. The molecule has 5 rings (SSSR count). The van der Waals surface area contributed by atoms with E-state index in [1.165, 1.54) is 0 Å². The molecule has 3 amide bonds. The molecule has 2 heterocycles.